The first kappa shape index (κ1) is 29.0. The maximum atomic E-state index is 13.0. The predicted octanol–water partition coefficient (Wildman–Crippen LogP) is 2.31. The zero-order valence-electron chi connectivity index (χ0n) is 23.3. The van der Waals surface area contributed by atoms with Gasteiger partial charge in [-0.3, -0.25) is 19.2 Å². The Morgan fingerprint density at radius 3 is 2.11 bits per heavy atom. The highest BCUT2D eigenvalue weighted by atomic mass is 16.6. The van der Waals surface area contributed by atoms with Crippen LogP contribution >= 0.6 is 0 Å². The van der Waals surface area contributed by atoms with Gasteiger partial charge in [0, 0.05) is 63.4 Å². The van der Waals surface area contributed by atoms with E-state index < -0.39 is 64.2 Å². The molecule has 0 saturated heterocycles. The largest absolute Gasteiger partial charge is 0.465 e. The second kappa shape index (κ2) is 9.86. The molecule has 10 atom stereocenters. The number of rotatable bonds is 6. The molecular weight excluding hydrogens is 496 g/mol. The first-order valence-electron chi connectivity index (χ1n) is 13.6. The van der Waals surface area contributed by atoms with Crippen LogP contribution in [-0.2, 0) is 38.1 Å². The molecule has 4 rings (SSSR count). The molecule has 0 aliphatic heterocycles. The van der Waals surface area contributed by atoms with Gasteiger partial charge in [-0.15, -0.1) is 0 Å². The lowest BCUT2D eigenvalue weighted by atomic mass is 9.40. The Hall–Kier alpha value is -2.04. The molecule has 38 heavy (non-hydrogen) atoms. The molecule has 4 aliphatic carbocycles. The van der Waals surface area contributed by atoms with Crippen molar-refractivity contribution in [3.8, 4) is 0 Å². The van der Waals surface area contributed by atoms with Crippen molar-refractivity contribution in [1.82, 2.24) is 0 Å². The van der Waals surface area contributed by atoms with Gasteiger partial charge in [-0.25, -0.2) is 0 Å². The minimum atomic E-state index is -1.63. The van der Waals surface area contributed by atoms with Crippen LogP contribution in [0.2, 0.25) is 0 Å². The number of ketones is 1. The van der Waals surface area contributed by atoms with Gasteiger partial charge in [0.1, 0.15) is 23.6 Å². The monoisotopic (exact) mass is 538 g/mol. The van der Waals surface area contributed by atoms with Gasteiger partial charge in [-0.2, -0.15) is 0 Å². The van der Waals surface area contributed by atoms with E-state index in [2.05, 4.69) is 0 Å². The van der Waals surface area contributed by atoms with Crippen LogP contribution in [0.15, 0.2) is 0 Å². The van der Waals surface area contributed by atoms with Gasteiger partial charge in [-0.05, 0) is 50.9 Å². The molecule has 0 aromatic carbocycles. The summed E-state index contributed by atoms with van der Waals surface area (Å²) in [6, 6.07) is 0. The molecular formula is C28H42O10. The molecule has 10 heteroatoms. The van der Waals surface area contributed by atoms with E-state index in [4.69, 9.17) is 18.9 Å². The Balaban J connectivity index is 1.91. The lowest BCUT2D eigenvalue weighted by molar-refractivity contribution is -0.332. The summed E-state index contributed by atoms with van der Waals surface area (Å²) in [5, 5.41) is 24.0. The standard InChI is InChI=1S/C28H42O10/c1-15(29)20-7-8-21-24-22(37-17(3)31)11-19-12-27(33,35-6)10-9-25(19,5)28(24,34)23(38-18(4)32)13-26(20,21)14-36-16(2)30/h19-24,33-34H,7-14H2,1-6H3/t19?,20-,21+,22?,23?,24-,25+,26+,27?,28-/m1/s1. The van der Waals surface area contributed by atoms with Crippen LogP contribution < -0.4 is 0 Å². The summed E-state index contributed by atoms with van der Waals surface area (Å²) in [6.45, 7) is 7.30. The summed E-state index contributed by atoms with van der Waals surface area (Å²) in [7, 11) is 1.44. The zero-order chi connectivity index (χ0) is 28.3. The summed E-state index contributed by atoms with van der Waals surface area (Å²) < 4.78 is 22.8. The number of hydrogen-bond acceptors (Lipinski definition) is 10. The van der Waals surface area contributed by atoms with E-state index >= 15 is 0 Å². The minimum absolute atomic E-state index is 0.0570. The number of esters is 3. The number of methoxy groups -OCH3 is 1. The fourth-order valence-corrected chi connectivity index (χ4v) is 8.96. The third-order valence-corrected chi connectivity index (χ3v) is 10.6. The molecule has 0 bridgehead atoms. The number of carbonyl (C=O) groups excluding carboxylic acids is 4. The lowest BCUT2D eigenvalue weighted by Gasteiger charge is -2.68. The summed E-state index contributed by atoms with van der Waals surface area (Å²) in [4.78, 5) is 49.7. The van der Waals surface area contributed by atoms with Crippen molar-refractivity contribution >= 4 is 23.7 Å². The van der Waals surface area contributed by atoms with E-state index in [1.54, 1.807) is 0 Å². The van der Waals surface area contributed by atoms with E-state index in [-0.39, 0.29) is 43.5 Å². The Bertz CT molecular complexity index is 996. The van der Waals surface area contributed by atoms with Crippen molar-refractivity contribution in [2.45, 2.75) is 103 Å². The van der Waals surface area contributed by atoms with Gasteiger partial charge in [-0.1, -0.05) is 6.92 Å². The van der Waals surface area contributed by atoms with Crippen molar-refractivity contribution in [3.63, 3.8) is 0 Å². The number of hydrogen-bond donors (Lipinski definition) is 2. The van der Waals surface area contributed by atoms with Crippen molar-refractivity contribution in [1.29, 1.82) is 0 Å². The highest BCUT2D eigenvalue weighted by molar-refractivity contribution is 5.80. The van der Waals surface area contributed by atoms with E-state index in [1.807, 2.05) is 6.92 Å². The van der Waals surface area contributed by atoms with E-state index in [0.717, 1.165) is 0 Å². The van der Waals surface area contributed by atoms with Crippen molar-refractivity contribution in [2.75, 3.05) is 13.7 Å². The highest BCUT2D eigenvalue weighted by Crippen LogP contribution is 2.70. The molecule has 0 aromatic rings. The maximum Gasteiger partial charge on any atom is 0.303 e. The van der Waals surface area contributed by atoms with Crippen LogP contribution in [0, 0.1) is 34.5 Å². The number of aliphatic hydroxyl groups is 2. The van der Waals surface area contributed by atoms with Crippen LogP contribution in [0.4, 0.5) is 0 Å². The maximum absolute atomic E-state index is 13.0. The second-order valence-corrected chi connectivity index (χ2v) is 12.4. The average Bonchev–Trinajstić information content (AvgIpc) is 3.18. The molecule has 4 aliphatic rings. The highest BCUT2D eigenvalue weighted by Gasteiger charge is 2.76. The van der Waals surface area contributed by atoms with Gasteiger partial charge in [0.05, 0.1) is 6.61 Å². The number of Topliss-reactive ketones (excluding diaryl/α,β-unsaturated/α-hetero) is 1. The first-order chi connectivity index (χ1) is 17.6. The molecule has 0 heterocycles. The Labute approximate surface area is 223 Å². The van der Waals surface area contributed by atoms with Gasteiger partial charge in [0.2, 0.25) is 0 Å². The smallest absolute Gasteiger partial charge is 0.303 e. The molecule has 10 nitrogen and oxygen atoms in total. The van der Waals surface area contributed by atoms with Crippen LogP contribution in [0.25, 0.3) is 0 Å². The fraction of sp³-hybridized carbons (Fsp3) is 0.857. The first-order valence-corrected chi connectivity index (χ1v) is 13.6. The summed E-state index contributed by atoms with van der Waals surface area (Å²) >= 11 is 0. The Morgan fingerprint density at radius 1 is 0.895 bits per heavy atom. The summed E-state index contributed by atoms with van der Waals surface area (Å²) in [6.07, 6.45) is 0.659. The van der Waals surface area contributed by atoms with Crippen molar-refractivity contribution in [3.05, 3.63) is 0 Å². The molecule has 4 saturated carbocycles. The Kier molecular flexibility index (Phi) is 7.51. The van der Waals surface area contributed by atoms with Gasteiger partial charge < -0.3 is 29.2 Å². The van der Waals surface area contributed by atoms with Crippen LogP contribution in [0.1, 0.15) is 79.6 Å². The molecule has 214 valence electrons. The number of fused-ring (bicyclic) bond motifs is 5. The summed E-state index contributed by atoms with van der Waals surface area (Å²) in [5.41, 5.74) is -3.34. The molecule has 0 spiro atoms. The lowest BCUT2D eigenvalue weighted by Crippen LogP contribution is -2.76. The number of ether oxygens (including phenoxy) is 4. The molecule has 2 N–H and O–H groups in total. The van der Waals surface area contributed by atoms with Gasteiger partial charge in [0.15, 0.2) is 5.79 Å². The average molecular weight is 539 g/mol. The van der Waals surface area contributed by atoms with Crippen LogP contribution in [0.5, 0.6) is 0 Å². The molecule has 0 aromatic heterocycles. The molecule has 0 amide bonds. The zero-order valence-corrected chi connectivity index (χ0v) is 23.3. The topological polar surface area (TPSA) is 146 Å². The molecule has 4 fully saturated rings. The SMILES string of the molecule is COC1(O)CC[C@@]2(C)C(CC(OC(C)=O)[C@H]3[C@@H]4CC[C@H](C(C)=O)[C@@]4(COC(C)=O)CC(OC(C)=O)[C@@]32O)C1. The summed E-state index contributed by atoms with van der Waals surface area (Å²) in [5.74, 6) is -4.82. The number of carbonyl (C=O) groups is 4. The van der Waals surface area contributed by atoms with E-state index in [9.17, 15) is 29.4 Å². The minimum Gasteiger partial charge on any atom is -0.465 e. The van der Waals surface area contributed by atoms with E-state index in [0.29, 0.717) is 25.7 Å². The van der Waals surface area contributed by atoms with Crippen LogP contribution in [0.3, 0.4) is 0 Å². The Morgan fingerprint density at radius 2 is 1.55 bits per heavy atom. The quantitative estimate of drug-likeness (QED) is 0.293. The van der Waals surface area contributed by atoms with Gasteiger partial charge in [0.25, 0.3) is 0 Å². The molecule has 4 unspecified atom stereocenters. The normalized spacial score (nSPS) is 45.7. The predicted molar refractivity (Wildman–Crippen MR) is 132 cm³/mol. The van der Waals surface area contributed by atoms with Crippen LogP contribution in [-0.4, -0.2) is 71.2 Å². The van der Waals surface area contributed by atoms with Crippen molar-refractivity contribution < 1.29 is 48.3 Å². The van der Waals surface area contributed by atoms with Crippen molar-refractivity contribution in [2.24, 2.45) is 34.5 Å². The third kappa shape index (κ3) is 4.36. The molecule has 0 radical (unpaired) electrons. The van der Waals surface area contributed by atoms with E-state index in [1.165, 1.54) is 34.8 Å². The second-order valence-electron chi connectivity index (χ2n) is 12.4. The van der Waals surface area contributed by atoms with Gasteiger partial charge >= 0.3 is 17.9 Å². The fourth-order valence-electron chi connectivity index (χ4n) is 8.96. The third-order valence-electron chi connectivity index (χ3n) is 10.6.